The van der Waals surface area contributed by atoms with E-state index in [1.54, 1.807) is 18.7 Å². The second-order valence-corrected chi connectivity index (χ2v) is 8.54. The number of hydrogen-bond acceptors (Lipinski definition) is 8. The number of pyridine rings is 2. The van der Waals surface area contributed by atoms with E-state index in [1.807, 2.05) is 54.6 Å². The van der Waals surface area contributed by atoms with Gasteiger partial charge in [-0.05, 0) is 47.3 Å². The maximum absolute atomic E-state index is 4.96. The number of fused-ring (bicyclic) bond motifs is 2. The van der Waals surface area contributed by atoms with Crippen molar-refractivity contribution in [3.8, 4) is 22.5 Å². The van der Waals surface area contributed by atoms with Crippen molar-refractivity contribution in [3.63, 3.8) is 0 Å². The summed E-state index contributed by atoms with van der Waals surface area (Å²) in [5, 5.41) is 4.48. The first-order valence-corrected chi connectivity index (χ1v) is 11.6. The number of anilines is 1. The van der Waals surface area contributed by atoms with Crippen LogP contribution in [0, 0.1) is 0 Å². The molecule has 8 heteroatoms. The molecular weight excluding hydrogens is 442 g/mol. The van der Waals surface area contributed by atoms with Crippen LogP contribution in [0.4, 0.5) is 11.6 Å². The monoisotopic (exact) mass is 461 g/mol. The summed E-state index contributed by atoms with van der Waals surface area (Å²) in [6.45, 7) is 0.548. The molecule has 7 nitrogen and oxygen atoms in total. The molecule has 0 saturated heterocycles. The van der Waals surface area contributed by atoms with E-state index in [2.05, 4.69) is 43.2 Å². The summed E-state index contributed by atoms with van der Waals surface area (Å²) in [6, 6.07) is 24.4. The first-order valence-electron chi connectivity index (χ1n) is 10.8. The Morgan fingerprint density at radius 3 is 2.65 bits per heavy atom. The SMILES string of the molecule is C1=Nc2ncc(-c3nc(NCc4ccccn4)c4c(-c5ccccc5)cccc4n3)cc2SN1. The molecule has 0 fully saturated rings. The van der Waals surface area contributed by atoms with E-state index in [9.17, 15) is 0 Å². The highest BCUT2D eigenvalue weighted by atomic mass is 32.2. The number of hydrogen-bond donors (Lipinski definition) is 2. The van der Waals surface area contributed by atoms with E-state index in [0.29, 0.717) is 18.2 Å². The summed E-state index contributed by atoms with van der Waals surface area (Å²) in [4.78, 5) is 24.0. The average molecular weight is 462 g/mol. The molecule has 0 aliphatic carbocycles. The summed E-state index contributed by atoms with van der Waals surface area (Å²) in [7, 11) is 0. The van der Waals surface area contributed by atoms with Gasteiger partial charge in [-0.3, -0.25) is 4.98 Å². The molecule has 2 aromatic carbocycles. The van der Waals surface area contributed by atoms with Crippen molar-refractivity contribution < 1.29 is 0 Å². The summed E-state index contributed by atoms with van der Waals surface area (Å²) in [6.07, 6.45) is 5.20. The Morgan fingerprint density at radius 1 is 0.853 bits per heavy atom. The van der Waals surface area contributed by atoms with Crippen molar-refractivity contribution in [1.29, 1.82) is 0 Å². The molecule has 4 heterocycles. The molecule has 0 atom stereocenters. The molecule has 3 aromatic heterocycles. The van der Waals surface area contributed by atoms with Crippen LogP contribution in [0.5, 0.6) is 0 Å². The average Bonchev–Trinajstić information content (AvgIpc) is 2.92. The van der Waals surface area contributed by atoms with Gasteiger partial charge < -0.3 is 10.0 Å². The van der Waals surface area contributed by atoms with Crippen LogP contribution in [0.2, 0.25) is 0 Å². The standard InChI is InChI=1S/C26H19N7S/c1-2-7-17(8-3-1)20-10-6-11-21-23(20)26(29-15-19-9-4-5-12-27-19)33-24(32-21)18-13-22-25(28-14-18)30-16-31-34-22/h1-14,16H,15H2,(H,28,30,31)(H,29,32,33). The van der Waals surface area contributed by atoms with Gasteiger partial charge in [0.2, 0.25) is 0 Å². The van der Waals surface area contributed by atoms with Gasteiger partial charge in [-0.15, -0.1) is 0 Å². The molecule has 0 spiro atoms. The van der Waals surface area contributed by atoms with E-state index in [1.165, 1.54) is 11.9 Å². The highest BCUT2D eigenvalue weighted by Gasteiger charge is 2.16. The minimum Gasteiger partial charge on any atom is -0.364 e. The minimum atomic E-state index is 0.548. The molecule has 0 unspecified atom stereocenters. The van der Waals surface area contributed by atoms with Crippen LogP contribution in [0.3, 0.4) is 0 Å². The van der Waals surface area contributed by atoms with Crippen LogP contribution in [0.25, 0.3) is 33.4 Å². The molecule has 34 heavy (non-hydrogen) atoms. The molecule has 0 radical (unpaired) electrons. The van der Waals surface area contributed by atoms with Crippen molar-refractivity contribution in [1.82, 2.24) is 24.7 Å². The maximum Gasteiger partial charge on any atom is 0.169 e. The van der Waals surface area contributed by atoms with Gasteiger partial charge in [0.05, 0.1) is 28.0 Å². The molecule has 1 aliphatic rings. The Morgan fingerprint density at radius 2 is 1.76 bits per heavy atom. The fraction of sp³-hybridized carbons (Fsp3) is 0.0385. The highest BCUT2D eigenvalue weighted by molar-refractivity contribution is 7.98. The van der Waals surface area contributed by atoms with Crippen molar-refractivity contribution in [2.75, 3.05) is 5.32 Å². The largest absolute Gasteiger partial charge is 0.364 e. The van der Waals surface area contributed by atoms with Gasteiger partial charge >= 0.3 is 0 Å². The Balaban J connectivity index is 1.50. The van der Waals surface area contributed by atoms with Gasteiger partial charge in [0.1, 0.15) is 12.2 Å². The molecule has 164 valence electrons. The number of benzene rings is 2. The highest BCUT2D eigenvalue weighted by Crippen LogP contribution is 2.36. The maximum atomic E-state index is 4.96. The van der Waals surface area contributed by atoms with Gasteiger partial charge in [-0.25, -0.2) is 19.9 Å². The molecule has 0 bridgehead atoms. The predicted molar refractivity (Wildman–Crippen MR) is 137 cm³/mol. The van der Waals surface area contributed by atoms with E-state index in [0.717, 1.165) is 44.0 Å². The van der Waals surface area contributed by atoms with Crippen molar-refractivity contribution in [2.24, 2.45) is 4.99 Å². The Kier molecular flexibility index (Phi) is 5.33. The minimum absolute atomic E-state index is 0.548. The van der Waals surface area contributed by atoms with Gasteiger partial charge in [0.15, 0.2) is 11.6 Å². The lowest BCUT2D eigenvalue weighted by Gasteiger charge is -2.15. The van der Waals surface area contributed by atoms with E-state index in [4.69, 9.17) is 9.97 Å². The van der Waals surface area contributed by atoms with Crippen LogP contribution in [-0.4, -0.2) is 26.3 Å². The molecule has 1 aliphatic heterocycles. The Bertz CT molecular complexity index is 1500. The van der Waals surface area contributed by atoms with Crippen LogP contribution in [0.15, 0.2) is 95.1 Å². The van der Waals surface area contributed by atoms with Gasteiger partial charge in [-0.2, -0.15) is 0 Å². The molecule has 6 rings (SSSR count). The van der Waals surface area contributed by atoms with E-state index < -0.39 is 0 Å². The lowest BCUT2D eigenvalue weighted by atomic mass is 10.0. The molecule has 0 amide bonds. The normalized spacial score (nSPS) is 12.2. The zero-order chi connectivity index (χ0) is 22.7. The smallest absolute Gasteiger partial charge is 0.169 e. The number of rotatable bonds is 5. The zero-order valence-electron chi connectivity index (χ0n) is 18.0. The zero-order valence-corrected chi connectivity index (χ0v) is 18.8. The van der Waals surface area contributed by atoms with Gasteiger partial charge in [-0.1, -0.05) is 48.5 Å². The quantitative estimate of drug-likeness (QED) is 0.328. The third kappa shape index (κ3) is 3.95. The van der Waals surface area contributed by atoms with E-state index >= 15 is 0 Å². The molecule has 5 aromatic rings. The summed E-state index contributed by atoms with van der Waals surface area (Å²) in [5.74, 6) is 2.05. The fourth-order valence-corrected chi connectivity index (χ4v) is 4.50. The number of nitrogens with zero attached hydrogens (tertiary/aromatic N) is 5. The van der Waals surface area contributed by atoms with Crippen LogP contribution in [-0.2, 0) is 6.54 Å². The number of nitrogens with one attached hydrogen (secondary N) is 2. The second-order valence-electron chi connectivity index (χ2n) is 7.66. The topological polar surface area (TPSA) is 88.0 Å². The number of aliphatic imine (C=N–C) groups is 1. The van der Waals surface area contributed by atoms with Crippen LogP contribution >= 0.6 is 11.9 Å². The predicted octanol–water partition coefficient (Wildman–Crippen LogP) is 5.64. The van der Waals surface area contributed by atoms with Gasteiger partial charge in [0, 0.05) is 18.0 Å². The Hall–Kier alpha value is -4.30. The first kappa shape index (κ1) is 20.3. The summed E-state index contributed by atoms with van der Waals surface area (Å²) >= 11 is 1.47. The first-order chi connectivity index (χ1) is 16.8. The molecule has 0 saturated carbocycles. The van der Waals surface area contributed by atoms with E-state index in [-0.39, 0.29) is 0 Å². The third-order valence-electron chi connectivity index (χ3n) is 5.47. The Labute approximate surface area is 200 Å². The van der Waals surface area contributed by atoms with Crippen LogP contribution in [0.1, 0.15) is 5.69 Å². The summed E-state index contributed by atoms with van der Waals surface area (Å²) < 4.78 is 3.05. The van der Waals surface area contributed by atoms with Gasteiger partial charge in [0.25, 0.3) is 0 Å². The molecule has 2 N–H and O–H groups in total. The second kappa shape index (κ2) is 8.92. The number of aromatic nitrogens is 4. The summed E-state index contributed by atoms with van der Waals surface area (Å²) in [5.41, 5.74) is 4.81. The van der Waals surface area contributed by atoms with Crippen molar-refractivity contribution >= 4 is 40.8 Å². The lowest BCUT2D eigenvalue weighted by Crippen LogP contribution is -2.07. The van der Waals surface area contributed by atoms with Crippen molar-refractivity contribution in [2.45, 2.75) is 11.4 Å². The molecular formula is C26H19N7S. The van der Waals surface area contributed by atoms with Crippen LogP contribution < -0.4 is 10.0 Å². The fourth-order valence-electron chi connectivity index (χ4n) is 3.88. The lowest BCUT2D eigenvalue weighted by molar-refractivity contribution is 1.03. The van der Waals surface area contributed by atoms with Crippen molar-refractivity contribution in [3.05, 3.63) is 90.9 Å². The third-order valence-corrected chi connectivity index (χ3v) is 6.21.